The second-order valence-electron chi connectivity index (χ2n) is 4.93. The Hall–Kier alpha value is -1.75. The van der Waals surface area contributed by atoms with Crippen LogP contribution >= 0.6 is 11.8 Å². The first-order chi connectivity index (χ1) is 10.5. The number of aliphatic hydroxyl groups excluding tert-OH is 2. The molecule has 0 aliphatic carbocycles. The third-order valence-corrected chi connectivity index (χ3v) is 4.35. The fourth-order valence-electron chi connectivity index (χ4n) is 2.35. The molecule has 1 fully saturated rings. The van der Waals surface area contributed by atoms with E-state index < -0.39 is 24.5 Å². The number of aromatic nitrogens is 4. The lowest BCUT2D eigenvalue weighted by Crippen LogP contribution is -2.32. The fourth-order valence-corrected chi connectivity index (χ4v) is 3.03. The summed E-state index contributed by atoms with van der Waals surface area (Å²) in [5.41, 5.74) is 6.52. The molecule has 10 heteroatoms. The largest absolute Gasteiger partial charge is 0.387 e. The summed E-state index contributed by atoms with van der Waals surface area (Å²) in [5, 5.41) is 20.2. The summed E-state index contributed by atoms with van der Waals surface area (Å²) < 4.78 is 7.18. The zero-order valence-corrected chi connectivity index (χ0v) is 12.5. The Kier molecular flexibility index (Phi) is 4.00. The number of ether oxygens (including phenoxy) is 1. The van der Waals surface area contributed by atoms with Gasteiger partial charge in [-0.3, -0.25) is 9.36 Å². The van der Waals surface area contributed by atoms with Gasteiger partial charge < -0.3 is 20.7 Å². The van der Waals surface area contributed by atoms with Crippen molar-refractivity contribution in [1.82, 2.24) is 19.5 Å². The number of anilines is 1. The van der Waals surface area contributed by atoms with E-state index in [2.05, 4.69) is 15.0 Å². The first-order valence-electron chi connectivity index (χ1n) is 6.57. The highest BCUT2D eigenvalue weighted by Gasteiger charge is 2.44. The molecule has 1 aliphatic rings. The molecular weight excluding hydrogens is 310 g/mol. The van der Waals surface area contributed by atoms with Crippen LogP contribution in [-0.2, 0) is 9.53 Å². The summed E-state index contributed by atoms with van der Waals surface area (Å²) in [7, 11) is 0. The molecule has 3 heterocycles. The number of hydrogen-bond donors (Lipinski definition) is 3. The minimum atomic E-state index is -1.16. The lowest BCUT2D eigenvalue weighted by Gasteiger charge is -2.16. The maximum atomic E-state index is 11.0. The molecule has 0 amide bonds. The number of aliphatic hydroxyl groups is 2. The van der Waals surface area contributed by atoms with Gasteiger partial charge in [0.1, 0.15) is 24.1 Å². The van der Waals surface area contributed by atoms with Crippen LogP contribution in [0.4, 0.5) is 5.82 Å². The van der Waals surface area contributed by atoms with Crippen LogP contribution in [0.3, 0.4) is 0 Å². The highest BCUT2D eigenvalue weighted by atomic mass is 32.2. The monoisotopic (exact) mass is 325 g/mol. The molecule has 22 heavy (non-hydrogen) atoms. The van der Waals surface area contributed by atoms with Gasteiger partial charge in [0.2, 0.25) is 0 Å². The summed E-state index contributed by atoms with van der Waals surface area (Å²) in [6.07, 6.45) is -1.06. The fraction of sp³-hybridized carbons (Fsp3) is 0.500. The molecule has 0 spiro atoms. The molecule has 0 bridgehead atoms. The van der Waals surface area contributed by atoms with Crippen LogP contribution in [0.15, 0.2) is 12.7 Å². The number of hydrogen-bond acceptors (Lipinski definition) is 9. The molecule has 2 aromatic rings. The van der Waals surface area contributed by atoms with E-state index in [1.54, 1.807) is 0 Å². The molecule has 1 aliphatic heterocycles. The van der Waals surface area contributed by atoms with Crippen LogP contribution in [0, 0.1) is 0 Å². The first-order valence-corrected chi connectivity index (χ1v) is 7.55. The van der Waals surface area contributed by atoms with Crippen molar-refractivity contribution in [3.8, 4) is 0 Å². The van der Waals surface area contributed by atoms with Crippen LogP contribution in [0.1, 0.15) is 13.2 Å². The van der Waals surface area contributed by atoms with Gasteiger partial charge in [0.05, 0.1) is 12.4 Å². The molecule has 2 aromatic heterocycles. The van der Waals surface area contributed by atoms with E-state index in [9.17, 15) is 15.0 Å². The number of rotatable bonds is 3. The van der Waals surface area contributed by atoms with Crippen LogP contribution < -0.4 is 5.73 Å². The Morgan fingerprint density at radius 3 is 2.91 bits per heavy atom. The summed E-state index contributed by atoms with van der Waals surface area (Å²) >= 11 is 1.03. The number of carbonyl (C=O) groups excluding carboxylic acids is 1. The maximum absolute atomic E-state index is 11.0. The van der Waals surface area contributed by atoms with Crippen molar-refractivity contribution in [2.45, 2.75) is 31.5 Å². The molecule has 0 radical (unpaired) electrons. The topological polar surface area (TPSA) is 136 Å². The number of carbonyl (C=O) groups is 1. The maximum Gasteiger partial charge on any atom is 0.185 e. The van der Waals surface area contributed by atoms with Gasteiger partial charge in [-0.25, -0.2) is 15.0 Å². The number of nitrogens with zero attached hydrogens (tertiary/aromatic N) is 4. The second-order valence-corrected chi connectivity index (χ2v) is 6.13. The van der Waals surface area contributed by atoms with E-state index in [4.69, 9.17) is 10.5 Å². The van der Waals surface area contributed by atoms with Crippen molar-refractivity contribution in [3.63, 3.8) is 0 Å². The van der Waals surface area contributed by atoms with Gasteiger partial charge in [0.15, 0.2) is 22.8 Å². The van der Waals surface area contributed by atoms with E-state index in [0.29, 0.717) is 11.2 Å². The zero-order chi connectivity index (χ0) is 15.9. The minimum Gasteiger partial charge on any atom is -0.387 e. The van der Waals surface area contributed by atoms with E-state index in [0.717, 1.165) is 11.8 Å². The predicted octanol–water partition coefficient (Wildman–Crippen LogP) is -0.693. The molecular formula is C12H15N5O4S. The first kappa shape index (κ1) is 15.2. The molecule has 0 unspecified atom stereocenters. The highest BCUT2D eigenvalue weighted by molar-refractivity contribution is 8.13. The Balaban J connectivity index is 1.87. The van der Waals surface area contributed by atoms with Crippen molar-refractivity contribution >= 4 is 33.9 Å². The number of imidazole rings is 1. The predicted molar refractivity (Wildman–Crippen MR) is 78.8 cm³/mol. The van der Waals surface area contributed by atoms with Crippen LogP contribution in [-0.4, -0.2) is 58.9 Å². The Morgan fingerprint density at radius 2 is 2.18 bits per heavy atom. The van der Waals surface area contributed by atoms with Crippen molar-refractivity contribution in [1.29, 1.82) is 0 Å². The summed E-state index contributed by atoms with van der Waals surface area (Å²) in [6, 6.07) is 0. The van der Waals surface area contributed by atoms with Gasteiger partial charge in [-0.05, 0) is 0 Å². The third kappa shape index (κ3) is 2.54. The quantitative estimate of drug-likeness (QED) is 0.669. The number of nitrogen functional groups attached to an aromatic ring is 1. The van der Waals surface area contributed by atoms with E-state index in [1.807, 2.05) is 0 Å². The smallest absolute Gasteiger partial charge is 0.185 e. The van der Waals surface area contributed by atoms with E-state index in [-0.39, 0.29) is 16.7 Å². The minimum absolute atomic E-state index is 0.0812. The average Bonchev–Trinajstić information content (AvgIpc) is 3.01. The van der Waals surface area contributed by atoms with Gasteiger partial charge >= 0.3 is 0 Å². The van der Waals surface area contributed by atoms with Crippen LogP contribution in [0.5, 0.6) is 0 Å². The average molecular weight is 325 g/mol. The van der Waals surface area contributed by atoms with Gasteiger partial charge in [0, 0.05) is 12.7 Å². The lowest BCUT2D eigenvalue weighted by atomic mass is 10.1. The Bertz CT molecular complexity index is 708. The van der Waals surface area contributed by atoms with Crippen LogP contribution in [0.25, 0.3) is 11.2 Å². The van der Waals surface area contributed by atoms with E-state index in [1.165, 1.54) is 24.1 Å². The van der Waals surface area contributed by atoms with Gasteiger partial charge in [0.25, 0.3) is 0 Å². The standard InChI is InChI=1S/C12H15N5O4S/c1-5(18)22-2-6-8(19)9(20)12(21-6)17-4-16-7-10(13)14-3-15-11(7)17/h3-4,6,8-9,12,19-20H,2H2,1H3,(H2,13,14,15)/t6-,8-,9-,12-/m1/s1. The molecule has 118 valence electrons. The SMILES string of the molecule is CC(=O)SC[C@H]1O[C@@H](n2cnc3c(N)ncnc32)[C@H](O)[C@@H]1O. The van der Waals surface area contributed by atoms with Gasteiger partial charge in [-0.2, -0.15) is 0 Å². The molecule has 3 rings (SSSR count). The van der Waals surface area contributed by atoms with Crippen molar-refractivity contribution in [3.05, 3.63) is 12.7 Å². The summed E-state index contributed by atoms with van der Waals surface area (Å²) in [6.45, 7) is 1.43. The Labute approximate surface area is 129 Å². The van der Waals surface area contributed by atoms with Gasteiger partial charge in [-0.1, -0.05) is 11.8 Å². The normalized spacial score (nSPS) is 28.3. The number of thioether (sulfide) groups is 1. The molecule has 9 nitrogen and oxygen atoms in total. The summed E-state index contributed by atoms with van der Waals surface area (Å²) in [5.74, 6) is 0.480. The van der Waals surface area contributed by atoms with E-state index >= 15 is 0 Å². The molecule has 0 saturated carbocycles. The summed E-state index contributed by atoms with van der Waals surface area (Å²) in [4.78, 5) is 23.1. The molecule has 4 N–H and O–H groups in total. The second kappa shape index (κ2) is 5.80. The molecule has 1 saturated heterocycles. The molecule has 4 atom stereocenters. The highest BCUT2D eigenvalue weighted by Crippen LogP contribution is 2.33. The Morgan fingerprint density at radius 1 is 1.41 bits per heavy atom. The number of nitrogens with two attached hydrogens (primary N) is 1. The lowest BCUT2D eigenvalue weighted by molar-refractivity contribution is -0.109. The zero-order valence-electron chi connectivity index (χ0n) is 11.7. The van der Waals surface area contributed by atoms with Gasteiger partial charge in [-0.15, -0.1) is 0 Å². The van der Waals surface area contributed by atoms with Crippen molar-refractivity contribution in [2.75, 3.05) is 11.5 Å². The molecule has 0 aromatic carbocycles. The van der Waals surface area contributed by atoms with Crippen molar-refractivity contribution < 1.29 is 19.7 Å². The third-order valence-electron chi connectivity index (χ3n) is 3.45. The van der Waals surface area contributed by atoms with Crippen LogP contribution in [0.2, 0.25) is 0 Å². The van der Waals surface area contributed by atoms with Crippen molar-refractivity contribution in [2.24, 2.45) is 0 Å². The number of fused-ring (bicyclic) bond motifs is 1.